The van der Waals surface area contributed by atoms with Crippen molar-refractivity contribution in [2.45, 2.75) is 33.3 Å². The standard InChI is InChI=1S/C17H18BrClO/c1-10-6-11(2)15(12(3)7-10)9-17(20)14-5-4-13(18)8-16(14)19/h4-8,17,20H,9H2,1-3H3. The van der Waals surface area contributed by atoms with E-state index in [2.05, 4.69) is 48.8 Å². The first-order valence-corrected chi connectivity index (χ1v) is 7.75. The molecule has 1 atom stereocenters. The highest BCUT2D eigenvalue weighted by Crippen LogP contribution is 2.30. The lowest BCUT2D eigenvalue weighted by molar-refractivity contribution is 0.178. The lowest BCUT2D eigenvalue weighted by Crippen LogP contribution is -2.06. The predicted octanol–water partition coefficient (Wildman–Crippen LogP) is 5.30. The van der Waals surface area contributed by atoms with Crippen molar-refractivity contribution in [2.75, 3.05) is 0 Å². The number of hydrogen-bond acceptors (Lipinski definition) is 1. The number of hydrogen-bond donors (Lipinski definition) is 1. The summed E-state index contributed by atoms with van der Waals surface area (Å²) in [4.78, 5) is 0. The minimum absolute atomic E-state index is 0.583. The van der Waals surface area contributed by atoms with Crippen molar-refractivity contribution in [2.24, 2.45) is 0 Å². The van der Waals surface area contributed by atoms with E-state index in [0.717, 1.165) is 10.0 Å². The second-order valence-electron chi connectivity index (χ2n) is 5.26. The fourth-order valence-electron chi connectivity index (χ4n) is 2.61. The van der Waals surface area contributed by atoms with E-state index in [4.69, 9.17) is 11.6 Å². The zero-order valence-electron chi connectivity index (χ0n) is 11.9. The molecule has 0 heterocycles. The normalized spacial score (nSPS) is 12.5. The largest absolute Gasteiger partial charge is 0.388 e. The quantitative estimate of drug-likeness (QED) is 0.793. The van der Waals surface area contributed by atoms with Crippen LogP contribution in [0.2, 0.25) is 5.02 Å². The number of rotatable bonds is 3. The predicted molar refractivity (Wildman–Crippen MR) is 88.5 cm³/mol. The fraction of sp³-hybridized carbons (Fsp3) is 0.294. The van der Waals surface area contributed by atoms with Gasteiger partial charge in [-0.2, -0.15) is 0 Å². The average Bonchev–Trinajstić information content (AvgIpc) is 2.33. The number of aryl methyl sites for hydroxylation is 3. The summed E-state index contributed by atoms with van der Waals surface area (Å²) in [5.41, 5.74) is 5.65. The van der Waals surface area contributed by atoms with Crippen LogP contribution in [-0.2, 0) is 6.42 Å². The highest BCUT2D eigenvalue weighted by atomic mass is 79.9. The lowest BCUT2D eigenvalue weighted by Gasteiger charge is -2.17. The number of benzene rings is 2. The maximum Gasteiger partial charge on any atom is 0.0844 e. The van der Waals surface area contributed by atoms with Crippen molar-refractivity contribution in [1.82, 2.24) is 0 Å². The van der Waals surface area contributed by atoms with Gasteiger partial charge in [0.25, 0.3) is 0 Å². The summed E-state index contributed by atoms with van der Waals surface area (Å²) >= 11 is 9.58. The highest BCUT2D eigenvalue weighted by molar-refractivity contribution is 9.10. The third-order valence-corrected chi connectivity index (χ3v) is 4.38. The molecule has 1 unspecified atom stereocenters. The molecule has 0 bridgehead atoms. The molecule has 20 heavy (non-hydrogen) atoms. The molecule has 3 heteroatoms. The van der Waals surface area contributed by atoms with Crippen molar-refractivity contribution >= 4 is 27.5 Å². The maximum absolute atomic E-state index is 10.5. The molecule has 0 radical (unpaired) electrons. The van der Waals surface area contributed by atoms with Crippen LogP contribution in [0.4, 0.5) is 0 Å². The molecule has 0 aliphatic heterocycles. The Balaban J connectivity index is 2.30. The van der Waals surface area contributed by atoms with Gasteiger partial charge >= 0.3 is 0 Å². The molecular weight excluding hydrogens is 336 g/mol. The Labute approximate surface area is 133 Å². The first kappa shape index (κ1) is 15.6. The van der Waals surface area contributed by atoms with Crippen LogP contribution in [0.15, 0.2) is 34.8 Å². The zero-order chi connectivity index (χ0) is 14.9. The van der Waals surface area contributed by atoms with Crippen molar-refractivity contribution in [3.05, 3.63) is 67.6 Å². The Kier molecular flexibility index (Phi) is 4.90. The van der Waals surface area contributed by atoms with Crippen LogP contribution in [0, 0.1) is 20.8 Å². The van der Waals surface area contributed by atoms with E-state index in [1.807, 2.05) is 18.2 Å². The molecule has 0 fully saturated rings. The van der Waals surface area contributed by atoms with E-state index in [1.54, 1.807) is 0 Å². The first-order chi connectivity index (χ1) is 9.38. The van der Waals surface area contributed by atoms with E-state index in [0.29, 0.717) is 11.4 Å². The number of aliphatic hydroxyl groups excluding tert-OH is 1. The average molecular weight is 354 g/mol. The summed E-state index contributed by atoms with van der Waals surface area (Å²) in [6.45, 7) is 6.27. The molecular formula is C17H18BrClO. The summed E-state index contributed by atoms with van der Waals surface area (Å²) in [5, 5.41) is 11.1. The molecule has 0 amide bonds. The third-order valence-electron chi connectivity index (χ3n) is 3.56. The van der Waals surface area contributed by atoms with Crippen molar-refractivity contribution in [1.29, 1.82) is 0 Å². The first-order valence-electron chi connectivity index (χ1n) is 6.58. The minimum Gasteiger partial charge on any atom is -0.388 e. The number of aliphatic hydroxyl groups is 1. The zero-order valence-corrected chi connectivity index (χ0v) is 14.2. The van der Waals surface area contributed by atoms with Gasteiger partial charge < -0.3 is 5.11 Å². The van der Waals surface area contributed by atoms with Crippen LogP contribution in [0.1, 0.15) is 33.9 Å². The molecule has 106 valence electrons. The molecule has 2 aromatic carbocycles. The summed E-state index contributed by atoms with van der Waals surface area (Å²) in [6, 6.07) is 9.89. The monoisotopic (exact) mass is 352 g/mol. The van der Waals surface area contributed by atoms with Crippen LogP contribution in [0.5, 0.6) is 0 Å². The van der Waals surface area contributed by atoms with Crippen LogP contribution >= 0.6 is 27.5 Å². The Morgan fingerprint density at radius 1 is 1.10 bits per heavy atom. The molecule has 0 spiro atoms. The summed E-state index contributed by atoms with van der Waals surface area (Å²) < 4.78 is 0.918. The van der Waals surface area contributed by atoms with Crippen LogP contribution in [0.3, 0.4) is 0 Å². The molecule has 1 N–H and O–H groups in total. The van der Waals surface area contributed by atoms with Gasteiger partial charge in [-0.05, 0) is 55.2 Å². The molecule has 0 aromatic heterocycles. The van der Waals surface area contributed by atoms with Gasteiger partial charge in [0.1, 0.15) is 0 Å². The van der Waals surface area contributed by atoms with E-state index in [9.17, 15) is 5.11 Å². The molecule has 0 saturated heterocycles. The minimum atomic E-state index is -0.587. The van der Waals surface area contributed by atoms with Crippen molar-refractivity contribution < 1.29 is 5.11 Å². The molecule has 0 aliphatic carbocycles. The van der Waals surface area contributed by atoms with Gasteiger partial charge in [-0.15, -0.1) is 0 Å². The second-order valence-corrected chi connectivity index (χ2v) is 6.59. The SMILES string of the molecule is Cc1cc(C)c(CC(O)c2ccc(Br)cc2Cl)c(C)c1. The van der Waals surface area contributed by atoms with E-state index in [-0.39, 0.29) is 0 Å². The van der Waals surface area contributed by atoms with Gasteiger partial charge in [0, 0.05) is 15.9 Å². The van der Waals surface area contributed by atoms with Crippen molar-refractivity contribution in [3.63, 3.8) is 0 Å². The third kappa shape index (κ3) is 3.43. The topological polar surface area (TPSA) is 20.2 Å². The van der Waals surface area contributed by atoms with E-state index < -0.39 is 6.10 Å². The van der Waals surface area contributed by atoms with Gasteiger partial charge in [-0.1, -0.05) is 51.3 Å². The van der Waals surface area contributed by atoms with Crippen LogP contribution in [0.25, 0.3) is 0 Å². The van der Waals surface area contributed by atoms with Gasteiger partial charge in [-0.3, -0.25) is 0 Å². The molecule has 0 saturated carbocycles. The van der Waals surface area contributed by atoms with Crippen LogP contribution in [-0.4, -0.2) is 5.11 Å². The summed E-state index contributed by atoms with van der Waals surface area (Å²) in [7, 11) is 0. The smallest absolute Gasteiger partial charge is 0.0844 e. The van der Waals surface area contributed by atoms with Crippen molar-refractivity contribution in [3.8, 4) is 0 Å². The Hall–Kier alpha value is -0.830. The maximum atomic E-state index is 10.5. The Bertz CT molecular complexity index is 614. The Morgan fingerprint density at radius 3 is 2.25 bits per heavy atom. The fourth-order valence-corrected chi connectivity index (χ4v) is 3.41. The van der Waals surface area contributed by atoms with Gasteiger partial charge in [0.05, 0.1) is 6.10 Å². The summed E-state index contributed by atoms with van der Waals surface area (Å²) in [5.74, 6) is 0. The molecule has 1 nitrogen and oxygen atoms in total. The second kappa shape index (κ2) is 6.30. The van der Waals surface area contributed by atoms with Gasteiger partial charge in [0.2, 0.25) is 0 Å². The van der Waals surface area contributed by atoms with Crippen LogP contribution < -0.4 is 0 Å². The molecule has 2 rings (SSSR count). The van der Waals surface area contributed by atoms with E-state index in [1.165, 1.54) is 22.3 Å². The lowest BCUT2D eigenvalue weighted by atomic mass is 9.93. The molecule has 0 aliphatic rings. The Morgan fingerprint density at radius 2 is 1.70 bits per heavy atom. The number of halogens is 2. The van der Waals surface area contributed by atoms with Gasteiger partial charge in [-0.25, -0.2) is 0 Å². The highest BCUT2D eigenvalue weighted by Gasteiger charge is 2.15. The summed E-state index contributed by atoms with van der Waals surface area (Å²) in [6.07, 6.45) is -0.00467. The van der Waals surface area contributed by atoms with Gasteiger partial charge in [0.15, 0.2) is 0 Å². The van der Waals surface area contributed by atoms with E-state index >= 15 is 0 Å². The molecule has 2 aromatic rings.